The van der Waals surface area contributed by atoms with Gasteiger partial charge in [-0.25, -0.2) is 0 Å². The molecule has 21 heavy (non-hydrogen) atoms. The van der Waals surface area contributed by atoms with Crippen molar-refractivity contribution in [3.63, 3.8) is 0 Å². The van der Waals surface area contributed by atoms with Crippen molar-refractivity contribution in [3.8, 4) is 0 Å². The molecule has 1 aromatic carbocycles. The third kappa shape index (κ3) is 3.85. The monoisotopic (exact) mass is 300 g/mol. The minimum absolute atomic E-state index is 0.0435. The zero-order valence-electron chi connectivity index (χ0n) is 12.0. The molecule has 0 aliphatic heterocycles. The molecule has 0 spiro atoms. The number of thiophene rings is 1. The highest BCUT2D eigenvalue weighted by Gasteiger charge is 2.13. The maximum absolute atomic E-state index is 12.0. The summed E-state index contributed by atoms with van der Waals surface area (Å²) in [6, 6.07) is 12.3. The second kappa shape index (κ2) is 6.76. The van der Waals surface area contributed by atoms with Crippen LogP contribution in [0.3, 0.4) is 0 Å². The highest BCUT2D eigenvalue weighted by atomic mass is 32.1. The molecule has 110 valence electrons. The predicted molar refractivity (Wildman–Crippen MR) is 89.2 cm³/mol. The lowest BCUT2D eigenvalue weighted by Gasteiger charge is -2.23. The lowest BCUT2D eigenvalue weighted by molar-refractivity contribution is 0.103. The van der Waals surface area contributed by atoms with Crippen LogP contribution in [-0.2, 0) is 0 Å². The molecule has 0 radical (unpaired) electrons. The molecule has 4 heteroatoms. The molecule has 2 aromatic rings. The zero-order valence-corrected chi connectivity index (χ0v) is 12.8. The van der Waals surface area contributed by atoms with Gasteiger partial charge in [0.05, 0.1) is 4.88 Å². The van der Waals surface area contributed by atoms with E-state index in [1.807, 2.05) is 41.8 Å². The van der Waals surface area contributed by atoms with Crippen LogP contribution in [0, 0.1) is 0 Å². The van der Waals surface area contributed by atoms with Gasteiger partial charge in [0.1, 0.15) is 0 Å². The first-order chi connectivity index (χ1) is 10.3. The third-order valence-electron chi connectivity index (χ3n) is 3.86. The molecule has 0 bridgehead atoms. The zero-order chi connectivity index (χ0) is 14.5. The van der Waals surface area contributed by atoms with Gasteiger partial charge in [-0.05, 0) is 48.6 Å². The second-order valence-corrected chi connectivity index (χ2v) is 6.44. The van der Waals surface area contributed by atoms with E-state index in [1.54, 1.807) is 0 Å². The van der Waals surface area contributed by atoms with Gasteiger partial charge in [-0.3, -0.25) is 4.79 Å². The molecule has 1 aliphatic rings. The van der Waals surface area contributed by atoms with Crippen LogP contribution in [0.25, 0.3) is 0 Å². The topological polar surface area (TPSA) is 41.1 Å². The van der Waals surface area contributed by atoms with Crippen molar-refractivity contribution in [2.24, 2.45) is 0 Å². The van der Waals surface area contributed by atoms with Gasteiger partial charge in [-0.2, -0.15) is 0 Å². The Kier molecular flexibility index (Phi) is 4.55. The number of hydrogen-bond acceptors (Lipinski definition) is 3. The number of rotatable bonds is 4. The van der Waals surface area contributed by atoms with Crippen LogP contribution in [0.4, 0.5) is 11.4 Å². The fraction of sp³-hybridized carbons (Fsp3) is 0.353. The van der Waals surface area contributed by atoms with Crippen molar-refractivity contribution in [3.05, 3.63) is 46.7 Å². The highest BCUT2D eigenvalue weighted by Crippen LogP contribution is 2.23. The van der Waals surface area contributed by atoms with E-state index < -0.39 is 0 Å². The van der Waals surface area contributed by atoms with Gasteiger partial charge in [0.2, 0.25) is 0 Å². The molecule has 0 saturated heterocycles. The van der Waals surface area contributed by atoms with Crippen molar-refractivity contribution in [1.82, 2.24) is 0 Å². The summed E-state index contributed by atoms with van der Waals surface area (Å²) in [7, 11) is 0. The summed E-state index contributed by atoms with van der Waals surface area (Å²) < 4.78 is 0. The number of amides is 1. The van der Waals surface area contributed by atoms with Crippen LogP contribution in [0.1, 0.15) is 41.8 Å². The Hall–Kier alpha value is -1.81. The van der Waals surface area contributed by atoms with Crippen molar-refractivity contribution >= 4 is 28.6 Å². The number of anilines is 2. The number of benzene rings is 1. The van der Waals surface area contributed by atoms with E-state index in [0.717, 1.165) is 16.3 Å². The molecule has 0 atom stereocenters. The van der Waals surface area contributed by atoms with Crippen LogP contribution in [0.2, 0.25) is 0 Å². The number of carbonyl (C=O) groups excluding carboxylic acids is 1. The fourth-order valence-electron chi connectivity index (χ4n) is 2.73. The van der Waals surface area contributed by atoms with Crippen LogP contribution >= 0.6 is 11.3 Å². The van der Waals surface area contributed by atoms with Gasteiger partial charge in [0.15, 0.2) is 0 Å². The van der Waals surface area contributed by atoms with Crippen molar-refractivity contribution < 1.29 is 4.79 Å². The summed E-state index contributed by atoms with van der Waals surface area (Å²) in [5, 5.41) is 8.41. The summed E-state index contributed by atoms with van der Waals surface area (Å²) in [5.74, 6) is -0.0435. The first-order valence-corrected chi connectivity index (χ1v) is 8.41. The lowest BCUT2D eigenvalue weighted by atomic mass is 9.95. The maximum atomic E-state index is 12.0. The van der Waals surface area contributed by atoms with Crippen LogP contribution in [0.15, 0.2) is 41.8 Å². The minimum Gasteiger partial charge on any atom is -0.382 e. The maximum Gasteiger partial charge on any atom is 0.265 e. The van der Waals surface area contributed by atoms with E-state index >= 15 is 0 Å². The van der Waals surface area contributed by atoms with E-state index in [1.165, 1.54) is 43.4 Å². The fourth-order valence-corrected chi connectivity index (χ4v) is 3.35. The van der Waals surface area contributed by atoms with E-state index in [9.17, 15) is 4.79 Å². The molecule has 1 fully saturated rings. The largest absolute Gasteiger partial charge is 0.382 e. The smallest absolute Gasteiger partial charge is 0.265 e. The molecular formula is C17H20N2OS. The van der Waals surface area contributed by atoms with E-state index in [2.05, 4.69) is 10.6 Å². The molecule has 1 saturated carbocycles. The Morgan fingerprint density at radius 1 is 1.00 bits per heavy atom. The Morgan fingerprint density at radius 2 is 1.71 bits per heavy atom. The van der Waals surface area contributed by atoms with Gasteiger partial charge < -0.3 is 10.6 Å². The normalized spacial score (nSPS) is 15.6. The average molecular weight is 300 g/mol. The quantitative estimate of drug-likeness (QED) is 0.856. The number of carbonyl (C=O) groups is 1. The van der Waals surface area contributed by atoms with Gasteiger partial charge >= 0.3 is 0 Å². The van der Waals surface area contributed by atoms with Crippen molar-refractivity contribution in [2.45, 2.75) is 38.1 Å². The molecule has 0 unspecified atom stereocenters. The summed E-state index contributed by atoms with van der Waals surface area (Å²) in [5.41, 5.74) is 1.97. The van der Waals surface area contributed by atoms with Gasteiger partial charge in [-0.15, -0.1) is 11.3 Å². The first kappa shape index (κ1) is 14.1. The Balaban J connectivity index is 1.57. The van der Waals surface area contributed by atoms with Crippen molar-refractivity contribution in [2.75, 3.05) is 10.6 Å². The van der Waals surface area contributed by atoms with E-state index in [-0.39, 0.29) is 5.91 Å². The third-order valence-corrected chi connectivity index (χ3v) is 4.73. The molecule has 1 amide bonds. The first-order valence-electron chi connectivity index (χ1n) is 7.53. The predicted octanol–water partition coefficient (Wildman–Crippen LogP) is 4.75. The molecule has 3 nitrogen and oxygen atoms in total. The molecular weight excluding hydrogens is 280 g/mol. The van der Waals surface area contributed by atoms with Crippen LogP contribution in [-0.4, -0.2) is 11.9 Å². The standard InChI is InChI=1S/C17H20N2OS/c20-17(16-7-4-12-21-16)19-15-10-8-14(9-11-15)18-13-5-2-1-3-6-13/h4,7-13,18H,1-3,5-6H2,(H,19,20). The average Bonchev–Trinajstić information content (AvgIpc) is 3.05. The summed E-state index contributed by atoms with van der Waals surface area (Å²) in [4.78, 5) is 12.7. The Morgan fingerprint density at radius 3 is 2.38 bits per heavy atom. The Bertz CT molecular complexity index is 571. The minimum atomic E-state index is -0.0435. The SMILES string of the molecule is O=C(Nc1ccc(NC2CCCCC2)cc1)c1cccs1. The van der Waals surface area contributed by atoms with E-state index in [0.29, 0.717) is 6.04 Å². The molecule has 1 aliphatic carbocycles. The molecule has 1 heterocycles. The van der Waals surface area contributed by atoms with E-state index in [4.69, 9.17) is 0 Å². The summed E-state index contributed by atoms with van der Waals surface area (Å²) in [6.45, 7) is 0. The molecule has 3 rings (SSSR count). The second-order valence-electron chi connectivity index (χ2n) is 5.49. The summed E-state index contributed by atoms with van der Waals surface area (Å²) in [6.07, 6.45) is 6.54. The van der Waals surface area contributed by atoms with Crippen molar-refractivity contribution in [1.29, 1.82) is 0 Å². The van der Waals surface area contributed by atoms with Gasteiger partial charge in [-0.1, -0.05) is 25.3 Å². The number of hydrogen-bond donors (Lipinski definition) is 2. The summed E-state index contributed by atoms with van der Waals surface area (Å²) >= 11 is 1.45. The Labute approximate surface area is 129 Å². The van der Waals surface area contributed by atoms with Crippen LogP contribution in [0.5, 0.6) is 0 Å². The van der Waals surface area contributed by atoms with Gasteiger partial charge in [0, 0.05) is 17.4 Å². The molecule has 2 N–H and O–H groups in total. The van der Waals surface area contributed by atoms with Crippen LogP contribution < -0.4 is 10.6 Å². The van der Waals surface area contributed by atoms with Gasteiger partial charge in [0.25, 0.3) is 5.91 Å². The number of nitrogens with one attached hydrogen (secondary N) is 2. The lowest BCUT2D eigenvalue weighted by Crippen LogP contribution is -2.22. The molecule has 1 aromatic heterocycles. The highest BCUT2D eigenvalue weighted by molar-refractivity contribution is 7.12.